The molecule has 0 atom stereocenters. The molecule has 0 heterocycles. The van der Waals surface area contributed by atoms with Gasteiger partial charge in [0, 0.05) is 17.8 Å². The number of allylic oxidation sites excluding steroid dienone is 4. The maximum Gasteiger partial charge on any atom is 0.0443 e. The molecule has 1 nitrogen and oxygen atoms in total. The van der Waals surface area contributed by atoms with Crippen molar-refractivity contribution < 1.29 is 0 Å². The van der Waals surface area contributed by atoms with Gasteiger partial charge in [-0.2, -0.15) is 0 Å². The molecule has 0 aromatic carbocycles. The van der Waals surface area contributed by atoms with Crippen LogP contribution in [0, 0.1) is 11.8 Å². The van der Waals surface area contributed by atoms with Crippen LogP contribution in [0.4, 0.5) is 0 Å². The zero-order chi connectivity index (χ0) is 10.8. The Bertz CT molecular complexity index is 282. The summed E-state index contributed by atoms with van der Waals surface area (Å²) in [7, 11) is 0. The average molecular weight is 189 g/mol. The molecule has 14 heavy (non-hydrogen) atoms. The third kappa shape index (κ3) is 7.36. The minimum Gasteiger partial charge on any atom is -0.289 e. The zero-order valence-corrected chi connectivity index (χ0v) is 9.54. The molecule has 0 amide bonds. The van der Waals surface area contributed by atoms with Crippen molar-refractivity contribution in [1.29, 1.82) is 0 Å². The van der Waals surface area contributed by atoms with Crippen LogP contribution in [0.2, 0.25) is 0 Å². The molecule has 1 heteroatoms. The maximum atomic E-state index is 4.29. The molecule has 0 aliphatic rings. The van der Waals surface area contributed by atoms with E-state index in [1.54, 1.807) is 0 Å². The molecular weight excluding hydrogens is 170 g/mol. The van der Waals surface area contributed by atoms with Crippen molar-refractivity contribution in [3.05, 3.63) is 23.8 Å². The molecule has 0 saturated carbocycles. The molecule has 76 valence electrons. The lowest BCUT2D eigenvalue weighted by Crippen LogP contribution is -1.90. The summed E-state index contributed by atoms with van der Waals surface area (Å²) < 4.78 is 0. The van der Waals surface area contributed by atoms with Crippen LogP contribution in [-0.4, -0.2) is 12.3 Å². The van der Waals surface area contributed by atoms with Crippen molar-refractivity contribution in [2.75, 3.05) is 0 Å². The highest BCUT2D eigenvalue weighted by molar-refractivity contribution is 5.85. The van der Waals surface area contributed by atoms with E-state index in [2.05, 4.69) is 43.7 Å². The van der Waals surface area contributed by atoms with Crippen LogP contribution in [0.25, 0.3) is 0 Å². The number of hydrogen-bond acceptors (Lipinski definition) is 1. The Morgan fingerprint density at radius 1 is 1.43 bits per heavy atom. The van der Waals surface area contributed by atoms with Gasteiger partial charge in [0.05, 0.1) is 0 Å². The average Bonchev–Trinajstić information content (AvgIpc) is 2.14. The van der Waals surface area contributed by atoms with Crippen molar-refractivity contribution >= 4 is 6.21 Å². The number of hydrogen-bond donors (Lipinski definition) is 0. The van der Waals surface area contributed by atoms with Gasteiger partial charge in [-0.25, -0.2) is 0 Å². The Morgan fingerprint density at radius 2 is 2.14 bits per heavy atom. The van der Waals surface area contributed by atoms with Gasteiger partial charge in [0.1, 0.15) is 0 Å². The van der Waals surface area contributed by atoms with Crippen LogP contribution in [0.15, 0.2) is 28.8 Å². The number of nitrogens with zero attached hydrogens (tertiary/aromatic N) is 1. The fourth-order valence-corrected chi connectivity index (χ4v) is 0.798. The molecule has 0 saturated heterocycles. The van der Waals surface area contributed by atoms with E-state index < -0.39 is 0 Å². The lowest BCUT2D eigenvalue weighted by atomic mass is 10.2. The fraction of sp³-hybridized carbons (Fsp3) is 0.462. The van der Waals surface area contributed by atoms with Crippen molar-refractivity contribution in [3.8, 4) is 11.8 Å². The van der Waals surface area contributed by atoms with E-state index in [0.717, 1.165) is 12.0 Å². The monoisotopic (exact) mass is 189 g/mol. The van der Waals surface area contributed by atoms with E-state index in [9.17, 15) is 0 Å². The highest BCUT2D eigenvalue weighted by atomic mass is 14.7. The summed E-state index contributed by atoms with van der Waals surface area (Å²) in [6.07, 6.45) is 8.99. The van der Waals surface area contributed by atoms with Gasteiger partial charge >= 0.3 is 0 Å². The van der Waals surface area contributed by atoms with E-state index in [4.69, 9.17) is 0 Å². The molecule has 0 N–H and O–H groups in total. The van der Waals surface area contributed by atoms with Crippen LogP contribution in [-0.2, 0) is 0 Å². The third-order valence-corrected chi connectivity index (χ3v) is 1.43. The van der Waals surface area contributed by atoms with Crippen LogP contribution < -0.4 is 0 Å². The summed E-state index contributed by atoms with van der Waals surface area (Å²) in [5, 5.41) is 0. The molecule has 0 aliphatic carbocycles. The molecular formula is C13H19N. The molecule has 0 radical (unpaired) electrons. The Kier molecular flexibility index (Phi) is 7.55. The van der Waals surface area contributed by atoms with Gasteiger partial charge in [0.2, 0.25) is 0 Å². The highest BCUT2D eigenvalue weighted by Crippen LogP contribution is 1.93. The van der Waals surface area contributed by atoms with Crippen molar-refractivity contribution in [2.24, 2.45) is 4.99 Å². The van der Waals surface area contributed by atoms with Crippen LogP contribution in [0.3, 0.4) is 0 Å². The van der Waals surface area contributed by atoms with Gasteiger partial charge in [-0.3, -0.25) is 4.99 Å². The number of rotatable bonds is 4. The van der Waals surface area contributed by atoms with Crippen LogP contribution >= 0.6 is 0 Å². The lowest BCUT2D eigenvalue weighted by molar-refractivity contribution is 0.841. The summed E-state index contributed by atoms with van der Waals surface area (Å²) >= 11 is 0. The normalized spacial score (nSPS) is 12.5. The van der Waals surface area contributed by atoms with Gasteiger partial charge in [0.15, 0.2) is 0 Å². The fourth-order valence-electron chi connectivity index (χ4n) is 0.798. The maximum absolute atomic E-state index is 4.29. The molecule has 0 fully saturated rings. The van der Waals surface area contributed by atoms with Crippen molar-refractivity contribution in [2.45, 2.75) is 40.2 Å². The first-order valence-corrected chi connectivity index (χ1v) is 5.03. The molecule has 0 spiro atoms. The minimum atomic E-state index is 0.326. The SMILES string of the molecule is CC#C/C(C=NC(C)C)=C\C=C/CC. The first-order valence-electron chi connectivity index (χ1n) is 5.03. The summed E-state index contributed by atoms with van der Waals surface area (Å²) in [5.74, 6) is 5.88. The minimum absolute atomic E-state index is 0.326. The Labute approximate surface area is 87.6 Å². The summed E-state index contributed by atoms with van der Waals surface area (Å²) in [6, 6.07) is 0.326. The van der Waals surface area contributed by atoms with Gasteiger partial charge in [-0.15, -0.1) is 5.92 Å². The predicted octanol–water partition coefficient (Wildman–Crippen LogP) is 3.38. The quantitative estimate of drug-likeness (QED) is 0.365. The smallest absolute Gasteiger partial charge is 0.0443 e. The first-order chi connectivity index (χ1) is 6.70. The second-order valence-electron chi connectivity index (χ2n) is 3.21. The van der Waals surface area contributed by atoms with E-state index >= 15 is 0 Å². The standard InChI is InChI=1S/C13H19N/c1-5-7-8-10-13(9-6-2)11-14-12(3)4/h7-8,10-12H,5H2,1-4H3/b8-7-,13-10+,14-11?. The third-order valence-electron chi connectivity index (χ3n) is 1.43. The predicted molar refractivity (Wildman–Crippen MR) is 64.6 cm³/mol. The lowest BCUT2D eigenvalue weighted by Gasteiger charge is -1.93. The van der Waals surface area contributed by atoms with Crippen LogP contribution in [0.1, 0.15) is 34.1 Å². The van der Waals surface area contributed by atoms with Crippen LogP contribution in [0.5, 0.6) is 0 Å². The molecule has 0 aromatic heterocycles. The van der Waals surface area contributed by atoms with Crippen molar-refractivity contribution in [1.82, 2.24) is 0 Å². The van der Waals surface area contributed by atoms with Crippen molar-refractivity contribution in [3.63, 3.8) is 0 Å². The Hall–Kier alpha value is -1.29. The first kappa shape index (κ1) is 12.7. The summed E-state index contributed by atoms with van der Waals surface area (Å²) in [5.41, 5.74) is 0.964. The van der Waals surface area contributed by atoms with E-state index in [1.807, 2.05) is 25.3 Å². The van der Waals surface area contributed by atoms with E-state index in [1.165, 1.54) is 0 Å². The van der Waals surface area contributed by atoms with Gasteiger partial charge < -0.3 is 0 Å². The Balaban J connectivity index is 4.49. The molecule has 0 bridgehead atoms. The highest BCUT2D eigenvalue weighted by Gasteiger charge is 1.86. The van der Waals surface area contributed by atoms with Gasteiger partial charge in [0.25, 0.3) is 0 Å². The Morgan fingerprint density at radius 3 is 2.64 bits per heavy atom. The van der Waals surface area contributed by atoms with Gasteiger partial charge in [-0.1, -0.05) is 25.0 Å². The van der Waals surface area contributed by atoms with E-state index in [0.29, 0.717) is 6.04 Å². The van der Waals surface area contributed by atoms with Gasteiger partial charge in [-0.05, 0) is 33.3 Å². The molecule has 0 aliphatic heterocycles. The van der Waals surface area contributed by atoms with E-state index in [-0.39, 0.29) is 0 Å². The molecule has 0 aromatic rings. The summed E-state index contributed by atoms with van der Waals surface area (Å²) in [4.78, 5) is 4.29. The molecule has 0 rings (SSSR count). The second-order valence-corrected chi connectivity index (χ2v) is 3.21. The summed E-state index contributed by atoms with van der Waals surface area (Å²) in [6.45, 7) is 8.04. The topological polar surface area (TPSA) is 12.4 Å². The number of aliphatic imine (C=N–C) groups is 1. The molecule has 0 unspecified atom stereocenters. The largest absolute Gasteiger partial charge is 0.289 e. The zero-order valence-electron chi connectivity index (χ0n) is 9.54. The second kappa shape index (κ2) is 8.31.